The molecule has 0 unspecified atom stereocenters. The number of anilines is 1. The minimum atomic E-state index is -4.44. The summed E-state index contributed by atoms with van der Waals surface area (Å²) in [5, 5.41) is 6.27. The largest absolute Gasteiger partial charge is 0.416 e. The number of aromatic nitrogens is 3. The number of benzene rings is 1. The number of halogens is 3. The fourth-order valence-corrected chi connectivity index (χ4v) is 1.79. The van der Waals surface area contributed by atoms with Gasteiger partial charge in [-0.1, -0.05) is 6.07 Å². The summed E-state index contributed by atoms with van der Waals surface area (Å²) in [6, 6.07) is 3.70. The highest BCUT2D eigenvalue weighted by atomic mass is 19.4. The third-order valence-corrected chi connectivity index (χ3v) is 2.86. The molecule has 0 atom stereocenters. The zero-order chi connectivity index (χ0) is 15.5. The van der Waals surface area contributed by atoms with Gasteiger partial charge in [0.1, 0.15) is 12.7 Å². The normalized spacial score (nSPS) is 11.4. The van der Waals surface area contributed by atoms with Crippen molar-refractivity contribution in [2.75, 3.05) is 5.32 Å². The number of rotatable bonds is 4. The van der Waals surface area contributed by atoms with E-state index in [1.807, 2.05) is 0 Å². The average molecular weight is 298 g/mol. The second-order valence-corrected chi connectivity index (χ2v) is 4.48. The van der Waals surface area contributed by atoms with Crippen LogP contribution in [0.15, 0.2) is 30.9 Å². The van der Waals surface area contributed by atoms with Crippen LogP contribution in [-0.2, 0) is 17.5 Å². The molecule has 0 fully saturated rings. The molecule has 0 spiro atoms. The zero-order valence-corrected chi connectivity index (χ0v) is 11.2. The molecule has 2 rings (SSSR count). The maximum atomic E-state index is 12.8. The van der Waals surface area contributed by atoms with Crippen LogP contribution in [0.5, 0.6) is 0 Å². The van der Waals surface area contributed by atoms with Crippen molar-refractivity contribution in [2.24, 2.45) is 0 Å². The Balaban J connectivity index is 2.01. The van der Waals surface area contributed by atoms with Crippen molar-refractivity contribution < 1.29 is 18.0 Å². The lowest BCUT2D eigenvalue weighted by Gasteiger charge is -2.12. The van der Waals surface area contributed by atoms with E-state index in [4.69, 9.17) is 0 Å². The smallest absolute Gasteiger partial charge is 0.326 e. The van der Waals surface area contributed by atoms with Gasteiger partial charge in [0.25, 0.3) is 0 Å². The summed E-state index contributed by atoms with van der Waals surface area (Å²) < 4.78 is 39.8. The molecule has 0 aliphatic rings. The number of aryl methyl sites for hydroxylation is 2. The first-order valence-electron chi connectivity index (χ1n) is 6.16. The van der Waals surface area contributed by atoms with Crippen LogP contribution in [-0.4, -0.2) is 20.7 Å². The Bertz CT molecular complexity index is 623. The fourth-order valence-electron chi connectivity index (χ4n) is 1.79. The van der Waals surface area contributed by atoms with Gasteiger partial charge >= 0.3 is 6.18 Å². The Morgan fingerprint density at radius 1 is 1.38 bits per heavy atom. The molecule has 1 amide bonds. The van der Waals surface area contributed by atoms with Crippen molar-refractivity contribution >= 4 is 11.6 Å². The Labute approximate surface area is 118 Å². The van der Waals surface area contributed by atoms with E-state index in [1.54, 1.807) is 0 Å². The predicted molar refractivity (Wildman–Crippen MR) is 69.4 cm³/mol. The van der Waals surface area contributed by atoms with Gasteiger partial charge in [-0.05, 0) is 24.6 Å². The van der Waals surface area contributed by atoms with Gasteiger partial charge in [-0.3, -0.25) is 9.48 Å². The van der Waals surface area contributed by atoms with Gasteiger partial charge in [0.15, 0.2) is 0 Å². The molecule has 1 aromatic carbocycles. The highest BCUT2D eigenvalue weighted by Gasteiger charge is 2.32. The molecule has 5 nitrogen and oxygen atoms in total. The number of amides is 1. The van der Waals surface area contributed by atoms with E-state index in [0.717, 1.165) is 6.07 Å². The summed E-state index contributed by atoms with van der Waals surface area (Å²) in [5.74, 6) is -0.387. The van der Waals surface area contributed by atoms with Gasteiger partial charge in [0.05, 0.1) is 12.1 Å². The van der Waals surface area contributed by atoms with E-state index >= 15 is 0 Å². The van der Waals surface area contributed by atoms with Crippen LogP contribution in [0.2, 0.25) is 0 Å². The van der Waals surface area contributed by atoms with Gasteiger partial charge in [-0.15, -0.1) is 0 Å². The van der Waals surface area contributed by atoms with Crippen molar-refractivity contribution in [1.82, 2.24) is 14.8 Å². The third kappa shape index (κ3) is 4.04. The zero-order valence-electron chi connectivity index (χ0n) is 11.2. The maximum Gasteiger partial charge on any atom is 0.416 e. The van der Waals surface area contributed by atoms with Crippen LogP contribution in [0.4, 0.5) is 18.9 Å². The highest BCUT2D eigenvalue weighted by Crippen LogP contribution is 2.33. The molecular weight excluding hydrogens is 285 g/mol. The molecule has 0 aliphatic carbocycles. The fraction of sp³-hybridized carbons (Fsp3) is 0.308. The lowest BCUT2D eigenvalue weighted by molar-refractivity contribution is -0.138. The number of carbonyl (C=O) groups excluding carboxylic acids is 1. The van der Waals surface area contributed by atoms with E-state index in [0.29, 0.717) is 6.54 Å². The van der Waals surface area contributed by atoms with E-state index in [2.05, 4.69) is 15.4 Å². The summed E-state index contributed by atoms with van der Waals surface area (Å²) in [5.41, 5.74) is -0.517. The first kappa shape index (κ1) is 15.0. The monoisotopic (exact) mass is 298 g/mol. The summed E-state index contributed by atoms with van der Waals surface area (Å²) >= 11 is 0. The molecule has 0 aliphatic heterocycles. The second-order valence-electron chi connectivity index (χ2n) is 4.48. The van der Waals surface area contributed by atoms with Crippen LogP contribution in [0.3, 0.4) is 0 Å². The first-order valence-corrected chi connectivity index (χ1v) is 6.16. The van der Waals surface area contributed by atoms with Gasteiger partial charge in [0, 0.05) is 12.1 Å². The molecule has 112 valence electrons. The SMILES string of the molecule is Cc1ccc(NC(=O)CCn2cncn2)cc1C(F)(F)F. The van der Waals surface area contributed by atoms with E-state index in [9.17, 15) is 18.0 Å². The highest BCUT2D eigenvalue weighted by molar-refractivity contribution is 5.90. The molecule has 1 heterocycles. The number of hydrogen-bond acceptors (Lipinski definition) is 3. The Morgan fingerprint density at radius 3 is 2.76 bits per heavy atom. The van der Waals surface area contributed by atoms with Crippen LogP contribution >= 0.6 is 0 Å². The standard InChI is InChI=1S/C13H13F3N4O/c1-9-2-3-10(6-11(9)13(14,15)16)19-12(21)4-5-20-8-17-7-18-20/h2-3,6-8H,4-5H2,1H3,(H,19,21). The molecule has 0 saturated heterocycles. The minimum Gasteiger partial charge on any atom is -0.326 e. The van der Waals surface area contributed by atoms with Crippen LogP contribution < -0.4 is 5.32 Å². The molecule has 0 saturated carbocycles. The predicted octanol–water partition coefficient (Wildman–Crippen LogP) is 2.63. The number of nitrogens with zero attached hydrogens (tertiary/aromatic N) is 3. The van der Waals surface area contributed by atoms with Crippen LogP contribution in [0.25, 0.3) is 0 Å². The topological polar surface area (TPSA) is 59.8 Å². The summed E-state index contributed by atoms with van der Waals surface area (Å²) in [6.07, 6.45) is -1.54. The number of carbonyl (C=O) groups is 1. The minimum absolute atomic E-state index is 0.0958. The first-order chi connectivity index (χ1) is 9.86. The van der Waals surface area contributed by atoms with Crippen molar-refractivity contribution in [3.8, 4) is 0 Å². The number of alkyl halides is 3. The maximum absolute atomic E-state index is 12.8. The van der Waals surface area contributed by atoms with Gasteiger partial charge in [-0.25, -0.2) is 4.98 Å². The van der Waals surface area contributed by atoms with Gasteiger partial charge < -0.3 is 5.32 Å². The van der Waals surface area contributed by atoms with Crippen molar-refractivity contribution in [1.29, 1.82) is 0 Å². The summed E-state index contributed by atoms with van der Waals surface area (Å²) in [7, 11) is 0. The van der Waals surface area contributed by atoms with Gasteiger partial charge in [0.2, 0.25) is 5.91 Å². The molecule has 1 aromatic heterocycles. The van der Waals surface area contributed by atoms with Crippen molar-refractivity contribution in [3.05, 3.63) is 42.0 Å². The summed E-state index contributed by atoms with van der Waals surface area (Å²) in [4.78, 5) is 15.4. The Hall–Kier alpha value is -2.38. The molecule has 1 N–H and O–H groups in total. The lowest BCUT2D eigenvalue weighted by atomic mass is 10.1. The van der Waals surface area contributed by atoms with Crippen LogP contribution in [0, 0.1) is 6.92 Å². The molecular formula is C13H13F3N4O. The quantitative estimate of drug-likeness (QED) is 0.944. The van der Waals surface area contributed by atoms with Crippen molar-refractivity contribution in [2.45, 2.75) is 26.1 Å². The summed E-state index contributed by atoms with van der Waals surface area (Å²) in [6.45, 7) is 1.68. The molecule has 21 heavy (non-hydrogen) atoms. The number of nitrogens with one attached hydrogen (secondary N) is 1. The Morgan fingerprint density at radius 2 is 2.14 bits per heavy atom. The second kappa shape index (κ2) is 5.94. The molecule has 8 heteroatoms. The third-order valence-electron chi connectivity index (χ3n) is 2.86. The molecule has 2 aromatic rings. The molecule has 0 bridgehead atoms. The van der Waals surface area contributed by atoms with E-state index in [-0.39, 0.29) is 23.6 Å². The van der Waals surface area contributed by atoms with Gasteiger partial charge in [-0.2, -0.15) is 18.3 Å². The molecule has 0 radical (unpaired) electrons. The Kier molecular flexibility index (Phi) is 4.25. The average Bonchev–Trinajstić information content (AvgIpc) is 2.90. The number of hydrogen-bond donors (Lipinski definition) is 1. The lowest BCUT2D eigenvalue weighted by Crippen LogP contribution is -2.16. The van der Waals surface area contributed by atoms with Crippen LogP contribution in [0.1, 0.15) is 17.5 Å². The van der Waals surface area contributed by atoms with E-state index < -0.39 is 11.7 Å². The van der Waals surface area contributed by atoms with E-state index in [1.165, 1.54) is 36.4 Å². The van der Waals surface area contributed by atoms with Crippen molar-refractivity contribution in [3.63, 3.8) is 0 Å².